The third kappa shape index (κ3) is 6.94. The second-order valence-corrected chi connectivity index (χ2v) is 8.47. The Hall–Kier alpha value is -3.16. The zero-order valence-corrected chi connectivity index (χ0v) is 18.1. The van der Waals surface area contributed by atoms with Crippen LogP contribution in [0.5, 0.6) is 0 Å². The van der Waals surface area contributed by atoms with Gasteiger partial charge >= 0.3 is 0 Å². The second kappa shape index (κ2) is 10.7. The van der Waals surface area contributed by atoms with Crippen LogP contribution in [0.2, 0.25) is 0 Å². The fraction of sp³-hybridized carbons (Fsp3) is 0.478. The summed E-state index contributed by atoms with van der Waals surface area (Å²) in [5.41, 5.74) is 1.16. The smallest absolute Gasteiger partial charge is 0.251 e. The van der Waals surface area contributed by atoms with Crippen molar-refractivity contribution in [3.63, 3.8) is 0 Å². The fourth-order valence-electron chi connectivity index (χ4n) is 3.76. The molecule has 1 unspecified atom stereocenters. The third-order valence-electron chi connectivity index (χ3n) is 5.22. The quantitative estimate of drug-likeness (QED) is 0.574. The summed E-state index contributed by atoms with van der Waals surface area (Å²) in [6.45, 7) is 4.00. The summed E-state index contributed by atoms with van der Waals surface area (Å²) in [5, 5.41) is 12.8. The van der Waals surface area contributed by atoms with Gasteiger partial charge < -0.3 is 16.0 Å². The average Bonchev–Trinajstić information content (AvgIpc) is 3.38. The van der Waals surface area contributed by atoms with Crippen molar-refractivity contribution < 1.29 is 14.4 Å². The number of rotatable bonds is 9. The highest BCUT2D eigenvalue weighted by Crippen LogP contribution is 2.18. The first-order valence-electron chi connectivity index (χ1n) is 10.9. The molecule has 1 saturated carbocycles. The van der Waals surface area contributed by atoms with Gasteiger partial charge in [0.2, 0.25) is 11.8 Å². The molecule has 1 aliphatic carbocycles. The Bertz CT molecular complexity index is 888. The van der Waals surface area contributed by atoms with E-state index in [0.29, 0.717) is 17.7 Å². The maximum absolute atomic E-state index is 13.0. The summed E-state index contributed by atoms with van der Waals surface area (Å²) in [5.74, 6) is -0.444. The van der Waals surface area contributed by atoms with Crippen LogP contribution in [0.25, 0.3) is 0 Å². The molecule has 0 aliphatic heterocycles. The Morgan fingerprint density at radius 1 is 1.10 bits per heavy atom. The Balaban J connectivity index is 1.61. The largest absolute Gasteiger partial charge is 0.352 e. The first-order chi connectivity index (χ1) is 14.9. The van der Waals surface area contributed by atoms with E-state index in [1.165, 1.54) is 10.9 Å². The molecule has 1 fully saturated rings. The first-order valence-corrected chi connectivity index (χ1v) is 10.9. The van der Waals surface area contributed by atoms with Crippen molar-refractivity contribution in [1.29, 1.82) is 0 Å². The standard InChI is InChI=1S/C23H31N5O3/c1-16(2)12-20(29)27-22(17-8-4-3-5-9-17)23(31)26-19-13-24-28(14-19)15-21(30)25-18-10-6-7-11-18/h3-5,8-9,13-14,16,18,22H,6-7,10-12,15H2,1-2H3,(H,25,30)(H,26,31)(H,27,29). The highest BCUT2D eigenvalue weighted by molar-refractivity contribution is 5.97. The monoisotopic (exact) mass is 425 g/mol. The van der Waals surface area contributed by atoms with Crippen LogP contribution in [0.1, 0.15) is 57.6 Å². The molecule has 3 rings (SSSR count). The normalized spacial score (nSPS) is 14.9. The lowest BCUT2D eigenvalue weighted by Crippen LogP contribution is -2.37. The topological polar surface area (TPSA) is 105 Å². The fourth-order valence-corrected chi connectivity index (χ4v) is 3.76. The molecule has 0 bridgehead atoms. The molecular weight excluding hydrogens is 394 g/mol. The summed E-state index contributed by atoms with van der Waals surface area (Å²) in [4.78, 5) is 37.5. The van der Waals surface area contributed by atoms with Crippen LogP contribution in [0.3, 0.4) is 0 Å². The van der Waals surface area contributed by atoms with Gasteiger partial charge in [-0.15, -0.1) is 0 Å². The van der Waals surface area contributed by atoms with Crippen molar-refractivity contribution in [1.82, 2.24) is 20.4 Å². The maximum atomic E-state index is 13.0. The van der Waals surface area contributed by atoms with E-state index >= 15 is 0 Å². The molecular formula is C23H31N5O3. The molecule has 8 nitrogen and oxygen atoms in total. The van der Waals surface area contributed by atoms with Crippen LogP contribution in [0.4, 0.5) is 5.69 Å². The minimum atomic E-state index is -0.818. The van der Waals surface area contributed by atoms with E-state index in [0.717, 1.165) is 25.7 Å². The number of hydrogen-bond acceptors (Lipinski definition) is 4. The number of nitrogens with one attached hydrogen (secondary N) is 3. The van der Waals surface area contributed by atoms with E-state index in [9.17, 15) is 14.4 Å². The molecule has 0 radical (unpaired) electrons. The predicted molar refractivity (Wildman–Crippen MR) is 118 cm³/mol. The highest BCUT2D eigenvalue weighted by Gasteiger charge is 2.24. The Morgan fingerprint density at radius 2 is 1.81 bits per heavy atom. The zero-order valence-electron chi connectivity index (χ0n) is 18.1. The molecule has 31 heavy (non-hydrogen) atoms. The van der Waals surface area contributed by atoms with Gasteiger partial charge in [-0.1, -0.05) is 57.0 Å². The summed E-state index contributed by atoms with van der Waals surface area (Å²) >= 11 is 0. The lowest BCUT2D eigenvalue weighted by atomic mass is 10.0. The van der Waals surface area contributed by atoms with Crippen molar-refractivity contribution in [3.05, 3.63) is 48.3 Å². The zero-order chi connectivity index (χ0) is 22.2. The van der Waals surface area contributed by atoms with Gasteiger partial charge in [-0.05, 0) is 24.3 Å². The molecule has 3 N–H and O–H groups in total. The maximum Gasteiger partial charge on any atom is 0.251 e. The van der Waals surface area contributed by atoms with Gasteiger partial charge in [-0.3, -0.25) is 19.1 Å². The van der Waals surface area contributed by atoms with E-state index in [1.807, 2.05) is 32.0 Å². The highest BCUT2D eigenvalue weighted by atomic mass is 16.2. The molecule has 1 heterocycles. The Kier molecular flexibility index (Phi) is 7.81. The number of hydrogen-bond donors (Lipinski definition) is 3. The van der Waals surface area contributed by atoms with Crippen LogP contribution >= 0.6 is 0 Å². The predicted octanol–water partition coefficient (Wildman–Crippen LogP) is 2.78. The van der Waals surface area contributed by atoms with Gasteiger partial charge in [0.1, 0.15) is 12.6 Å². The molecule has 1 atom stereocenters. The van der Waals surface area contributed by atoms with Crippen LogP contribution < -0.4 is 16.0 Å². The second-order valence-electron chi connectivity index (χ2n) is 8.47. The van der Waals surface area contributed by atoms with E-state index in [1.54, 1.807) is 18.3 Å². The summed E-state index contributed by atoms with van der Waals surface area (Å²) < 4.78 is 1.49. The van der Waals surface area contributed by atoms with Crippen molar-refractivity contribution in [2.45, 2.75) is 64.6 Å². The van der Waals surface area contributed by atoms with Crippen LogP contribution in [0, 0.1) is 5.92 Å². The number of nitrogens with zero attached hydrogens (tertiary/aromatic N) is 2. The van der Waals surface area contributed by atoms with Gasteiger partial charge in [0.05, 0.1) is 11.9 Å². The van der Waals surface area contributed by atoms with E-state index < -0.39 is 6.04 Å². The number of carbonyl (C=O) groups is 3. The molecule has 1 aromatic heterocycles. The molecule has 1 aliphatic rings. The van der Waals surface area contributed by atoms with E-state index in [-0.39, 0.29) is 36.2 Å². The number of benzene rings is 1. The summed E-state index contributed by atoms with van der Waals surface area (Å²) in [6.07, 6.45) is 7.80. The molecule has 0 saturated heterocycles. The Morgan fingerprint density at radius 3 is 2.48 bits per heavy atom. The Labute approximate surface area is 182 Å². The molecule has 1 aromatic carbocycles. The van der Waals surface area contributed by atoms with Gasteiger partial charge in [-0.2, -0.15) is 5.10 Å². The molecule has 8 heteroatoms. The SMILES string of the molecule is CC(C)CC(=O)NC(C(=O)Nc1cnn(CC(=O)NC2CCCC2)c1)c1ccccc1. The minimum Gasteiger partial charge on any atom is -0.352 e. The van der Waals surface area contributed by atoms with E-state index in [2.05, 4.69) is 21.0 Å². The lowest BCUT2D eigenvalue weighted by Gasteiger charge is -2.19. The van der Waals surface area contributed by atoms with Gasteiger partial charge in [0, 0.05) is 18.7 Å². The van der Waals surface area contributed by atoms with Crippen LogP contribution in [0.15, 0.2) is 42.7 Å². The van der Waals surface area contributed by atoms with Crippen molar-refractivity contribution >= 4 is 23.4 Å². The van der Waals surface area contributed by atoms with Crippen molar-refractivity contribution in [2.75, 3.05) is 5.32 Å². The molecule has 166 valence electrons. The summed E-state index contributed by atoms with van der Waals surface area (Å²) in [7, 11) is 0. The number of anilines is 1. The van der Waals surface area contributed by atoms with Crippen molar-refractivity contribution in [2.24, 2.45) is 5.92 Å². The molecule has 2 aromatic rings. The third-order valence-corrected chi connectivity index (χ3v) is 5.22. The van der Waals surface area contributed by atoms with Gasteiger partial charge in [-0.25, -0.2) is 0 Å². The number of amides is 3. The molecule has 0 spiro atoms. The van der Waals surface area contributed by atoms with Crippen LogP contribution in [-0.2, 0) is 20.9 Å². The van der Waals surface area contributed by atoms with Crippen molar-refractivity contribution in [3.8, 4) is 0 Å². The van der Waals surface area contributed by atoms with Gasteiger partial charge in [0.25, 0.3) is 5.91 Å². The van der Waals surface area contributed by atoms with Gasteiger partial charge in [0.15, 0.2) is 0 Å². The minimum absolute atomic E-state index is 0.0870. The van der Waals surface area contributed by atoms with Crippen LogP contribution in [-0.4, -0.2) is 33.5 Å². The lowest BCUT2D eigenvalue weighted by molar-refractivity contribution is -0.127. The van der Waals surface area contributed by atoms with E-state index in [4.69, 9.17) is 0 Å². The molecule has 3 amide bonds. The number of aromatic nitrogens is 2. The first kappa shape index (κ1) is 22.5. The summed E-state index contributed by atoms with van der Waals surface area (Å²) in [6, 6.07) is 8.54. The number of carbonyl (C=O) groups excluding carboxylic acids is 3. The average molecular weight is 426 g/mol.